The highest BCUT2D eigenvalue weighted by molar-refractivity contribution is 6.14. The van der Waals surface area contributed by atoms with E-state index < -0.39 is 23.9 Å². The summed E-state index contributed by atoms with van der Waals surface area (Å²) in [6, 6.07) is 11.7. The Morgan fingerprint density at radius 1 is 1.03 bits per heavy atom. The van der Waals surface area contributed by atoms with Gasteiger partial charge in [-0.1, -0.05) is 18.2 Å². The molecule has 10 heteroatoms. The maximum absolute atomic E-state index is 12.8. The quantitative estimate of drug-likeness (QED) is 0.270. The third-order valence-electron chi connectivity index (χ3n) is 4.47. The van der Waals surface area contributed by atoms with Crippen LogP contribution in [0, 0.1) is 0 Å². The molecule has 1 fully saturated rings. The van der Waals surface area contributed by atoms with Gasteiger partial charge in [0.15, 0.2) is 0 Å². The number of carbonyl (C=O) groups is 4. The number of benzene rings is 1. The number of ether oxygens (including phenoxy) is 2. The summed E-state index contributed by atoms with van der Waals surface area (Å²) in [5.41, 5.74) is 0.375. The second-order valence-corrected chi connectivity index (χ2v) is 6.54. The highest BCUT2D eigenvalue weighted by Gasteiger charge is 2.34. The highest BCUT2D eigenvalue weighted by Crippen LogP contribution is 2.24. The molecular formula is C22H16N2O8. The summed E-state index contributed by atoms with van der Waals surface area (Å²) in [6.45, 7) is -0.186. The predicted molar refractivity (Wildman–Crippen MR) is 107 cm³/mol. The summed E-state index contributed by atoms with van der Waals surface area (Å²) in [4.78, 5) is 49.7. The average molecular weight is 436 g/mol. The van der Waals surface area contributed by atoms with Crippen molar-refractivity contribution in [1.29, 1.82) is 0 Å². The molecule has 3 heterocycles. The van der Waals surface area contributed by atoms with Gasteiger partial charge in [-0.25, -0.2) is 14.4 Å². The second kappa shape index (κ2) is 8.64. The summed E-state index contributed by atoms with van der Waals surface area (Å²) in [6.07, 6.45) is 2.74. The number of nitrogens with zero attached hydrogens (tertiary/aromatic N) is 1. The standard InChI is InChI=1S/C22H16N2O8/c1-29-20(26)18-9-8-14(31-18)12-24-19(25)15(23-22(24)28)11-13-5-2-3-6-16(13)32-21(27)17-7-4-10-30-17/h2-11H,12H2,1H3,(H,23,28)/b15-11+. The lowest BCUT2D eigenvalue weighted by Gasteiger charge is -2.09. The zero-order valence-electron chi connectivity index (χ0n) is 16.7. The van der Waals surface area contributed by atoms with Crippen LogP contribution >= 0.6 is 0 Å². The van der Waals surface area contributed by atoms with E-state index in [-0.39, 0.29) is 35.3 Å². The van der Waals surface area contributed by atoms with Crippen LogP contribution < -0.4 is 10.1 Å². The van der Waals surface area contributed by atoms with Crippen LogP contribution in [0.5, 0.6) is 5.75 Å². The summed E-state index contributed by atoms with van der Waals surface area (Å²) >= 11 is 0. The molecule has 0 unspecified atom stereocenters. The molecule has 1 N–H and O–H groups in total. The minimum Gasteiger partial charge on any atom is -0.463 e. The molecule has 1 aliphatic rings. The number of hydrogen-bond donors (Lipinski definition) is 1. The van der Waals surface area contributed by atoms with Crippen LogP contribution in [-0.2, 0) is 16.1 Å². The van der Waals surface area contributed by atoms with Crippen molar-refractivity contribution in [2.24, 2.45) is 0 Å². The molecule has 0 aliphatic carbocycles. The van der Waals surface area contributed by atoms with E-state index in [1.165, 1.54) is 37.6 Å². The zero-order chi connectivity index (χ0) is 22.7. The highest BCUT2D eigenvalue weighted by atomic mass is 16.5. The van der Waals surface area contributed by atoms with Crippen LogP contribution in [0.4, 0.5) is 4.79 Å². The van der Waals surface area contributed by atoms with Crippen LogP contribution in [0.1, 0.15) is 32.4 Å². The van der Waals surface area contributed by atoms with Crippen LogP contribution in [0.2, 0.25) is 0 Å². The summed E-state index contributed by atoms with van der Waals surface area (Å²) in [5.74, 6) is -1.61. The summed E-state index contributed by atoms with van der Waals surface area (Å²) in [7, 11) is 1.21. The molecular weight excluding hydrogens is 420 g/mol. The fourth-order valence-corrected chi connectivity index (χ4v) is 2.94. The average Bonchev–Trinajstić information content (AvgIpc) is 3.53. The van der Waals surface area contributed by atoms with Crippen molar-refractivity contribution in [2.75, 3.05) is 7.11 Å². The Kier molecular flexibility index (Phi) is 5.58. The number of esters is 2. The van der Waals surface area contributed by atoms with Crippen LogP contribution in [-0.4, -0.2) is 35.9 Å². The lowest BCUT2D eigenvalue weighted by molar-refractivity contribution is -0.123. The molecule has 10 nitrogen and oxygen atoms in total. The second-order valence-electron chi connectivity index (χ2n) is 6.54. The van der Waals surface area contributed by atoms with Gasteiger partial charge < -0.3 is 23.6 Å². The van der Waals surface area contributed by atoms with E-state index in [1.807, 2.05) is 0 Å². The van der Waals surface area contributed by atoms with Gasteiger partial charge in [-0.05, 0) is 36.4 Å². The molecule has 0 saturated carbocycles. The number of urea groups is 1. The molecule has 1 saturated heterocycles. The number of rotatable bonds is 6. The minimum atomic E-state index is -0.705. The molecule has 162 valence electrons. The predicted octanol–water partition coefficient (Wildman–Crippen LogP) is 2.97. The van der Waals surface area contributed by atoms with Crippen LogP contribution in [0.15, 0.2) is 69.3 Å². The number of carbonyl (C=O) groups excluding carboxylic acids is 4. The summed E-state index contributed by atoms with van der Waals surface area (Å²) in [5, 5.41) is 2.48. The first kappa shape index (κ1) is 20.7. The molecule has 0 spiro atoms. The first-order valence-corrected chi connectivity index (χ1v) is 9.32. The molecule has 0 atom stereocenters. The Hall–Kier alpha value is -4.60. The third-order valence-corrected chi connectivity index (χ3v) is 4.47. The largest absolute Gasteiger partial charge is 0.463 e. The Balaban J connectivity index is 1.52. The molecule has 4 rings (SSSR count). The Labute approximate surface area is 181 Å². The van der Waals surface area contributed by atoms with Gasteiger partial charge >= 0.3 is 18.0 Å². The van der Waals surface area contributed by atoms with Crippen molar-refractivity contribution in [3.63, 3.8) is 0 Å². The lowest BCUT2D eigenvalue weighted by atomic mass is 10.1. The number of nitrogens with one attached hydrogen (secondary N) is 1. The van der Waals surface area contributed by atoms with Crippen molar-refractivity contribution < 1.29 is 37.5 Å². The maximum Gasteiger partial charge on any atom is 0.379 e. The number of furan rings is 2. The van der Waals surface area contributed by atoms with Crippen LogP contribution in [0.25, 0.3) is 6.08 Å². The number of amides is 3. The van der Waals surface area contributed by atoms with Crippen molar-refractivity contribution in [3.8, 4) is 5.75 Å². The normalized spacial score (nSPS) is 14.5. The van der Waals surface area contributed by atoms with Crippen LogP contribution in [0.3, 0.4) is 0 Å². The van der Waals surface area contributed by atoms with E-state index in [2.05, 4.69) is 10.1 Å². The Morgan fingerprint density at radius 2 is 1.84 bits per heavy atom. The maximum atomic E-state index is 12.8. The molecule has 0 bridgehead atoms. The van der Waals surface area contributed by atoms with Crippen molar-refractivity contribution in [2.45, 2.75) is 6.54 Å². The SMILES string of the molecule is COC(=O)c1ccc(CN2C(=O)N/C(=C/c3ccccc3OC(=O)c3ccco3)C2=O)o1. The van der Waals surface area contributed by atoms with Gasteiger partial charge in [0.1, 0.15) is 17.2 Å². The monoisotopic (exact) mass is 436 g/mol. The number of hydrogen-bond acceptors (Lipinski definition) is 8. The minimum absolute atomic E-state index is 0.0174. The van der Waals surface area contributed by atoms with E-state index in [1.54, 1.807) is 30.3 Å². The van der Waals surface area contributed by atoms with Crippen molar-refractivity contribution >= 4 is 30.0 Å². The molecule has 3 aromatic rings. The van der Waals surface area contributed by atoms with Gasteiger partial charge in [0.2, 0.25) is 11.5 Å². The van der Waals surface area contributed by atoms with Crippen molar-refractivity contribution in [3.05, 3.63) is 83.3 Å². The third kappa shape index (κ3) is 4.15. The first-order chi connectivity index (χ1) is 15.5. The molecule has 2 aromatic heterocycles. The molecule has 1 aromatic carbocycles. The zero-order valence-corrected chi connectivity index (χ0v) is 16.7. The van der Waals surface area contributed by atoms with Gasteiger partial charge in [0.05, 0.1) is 19.9 Å². The number of imide groups is 1. The molecule has 1 aliphatic heterocycles. The van der Waals surface area contributed by atoms with E-state index in [9.17, 15) is 19.2 Å². The van der Waals surface area contributed by atoms with E-state index in [4.69, 9.17) is 13.6 Å². The fourth-order valence-electron chi connectivity index (χ4n) is 2.94. The molecule has 32 heavy (non-hydrogen) atoms. The topological polar surface area (TPSA) is 128 Å². The van der Waals surface area contributed by atoms with Gasteiger partial charge in [-0.3, -0.25) is 9.69 Å². The number of methoxy groups -OCH3 is 1. The van der Waals surface area contributed by atoms with E-state index >= 15 is 0 Å². The van der Waals surface area contributed by atoms with E-state index in [0.29, 0.717) is 5.56 Å². The number of para-hydroxylation sites is 1. The van der Waals surface area contributed by atoms with Gasteiger partial charge in [0, 0.05) is 5.56 Å². The Morgan fingerprint density at radius 3 is 2.59 bits per heavy atom. The van der Waals surface area contributed by atoms with Gasteiger partial charge in [0.25, 0.3) is 5.91 Å². The Bertz CT molecular complexity index is 1220. The fraction of sp³-hybridized carbons (Fsp3) is 0.0909. The summed E-state index contributed by atoms with van der Waals surface area (Å²) < 4.78 is 20.2. The van der Waals surface area contributed by atoms with Gasteiger partial charge in [-0.15, -0.1) is 0 Å². The smallest absolute Gasteiger partial charge is 0.379 e. The lowest BCUT2D eigenvalue weighted by Crippen LogP contribution is -2.30. The molecule has 0 radical (unpaired) electrons. The molecule has 3 amide bonds. The first-order valence-electron chi connectivity index (χ1n) is 9.32. The van der Waals surface area contributed by atoms with E-state index in [0.717, 1.165) is 4.90 Å². The van der Waals surface area contributed by atoms with Crippen molar-refractivity contribution in [1.82, 2.24) is 10.2 Å². The van der Waals surface area contributed by atoms with Gasteiger partial charge in [-0.2, -0.15) is 0 Å².